The van der Waals surface area contributed by atoms with Crippen LogP contribution in [0.15, 0.2) is 35.3 Å². The quantitative estimate of drug-likeness (QED) is 0.654. The van der Waals surface area contributed by atoms with E-state index in [-0.39, 0.29) is 29.4 Å². The van der Waals surface area contributed by atoms with Crippen LogP contribution in [0.1, 0.15) is 36.4 Å². The largest absolute Gasteiger partial charge is 0.433 e. The molecule has 0 aliphatic rings. The fourth-order valence-electron chi connectivity index (χ4n) is 2.93. The second-order valence-electron chi connectivity index (χ2n) is 6.19. The Morgan fingerprint density at radius 2 is 1.90 bits per heavy atom. The molecule has 3 rings (SSSR count). The maximum atomic E-state index is 13.3. The van der Waals surface area contributed by atoms with Gasteiger partial charge in [-0.1, -0.05) is 19.9 Å². The Balaban J connectivity index is 1.99. The number of H-pyrrole nitrogens is 1. The number of halogens is 3. The number of pyridine rings is 1. The number of aromatic nitrogens is 5. The van der Waals surface area contributed by atoms with Gasteiger partial charge in [0.1, 0.15) is 11.5 Å². The number of nitrogens with zero attached hydrogens (tertiary/aromatic N) is 4. The number of nitrogens with one attached hydrogen (secondary N) is 2. The summed E-state index contributed by atoms with van der Waals surface area (Å²) >= 11 is 0. The topological polar surface area (TPSA) is 96.5 Å². The first kappa shape index (κ1) is 20.4. The molecule has 2 N–H and O–H groups in total. The van der Waals surface area contributed by atoms with Crippen molar-refractivity contribution in [3.8, 4) is 11.5 Å². The minimum absolute atomic E-state index is 0.00396. The zero-order valence-corrected chi connectivity index (χ0v) is 15.8. The van der Waals surface area contributed by atoms with Gasteiger partial charge in [0.2, 0.25) is 0 Å². The third kappa shape index (κ3) is 4.58. The molecule has 0 aromatic carbocycles. The van der Waals surface area contributed by atoms with Crippen LogP contribution in [-0.2, 0) is 25.6 Å². The van der Waals surface area contributed by atoms with E-state index >= 15 is 0 Å². The highest BCUT2D eigenvalue weighted by Gasteiger charge is 2.34. The van der Waals surface area contributed by atoms with Gasteiger partial charge in [0.25, 0.3) is 5.56 Å². The second kappa shape index (κ2) is 8.38. The van der Waals surface area contributed by atoms with Gasteiger partial charge in [-0.3, -0.25) is 9.78 Å². The summed E-state index contributed by atoms with van der Waals surface area (Å²) in [6.45, 7) is 3.81. The van der Waals surface area contributed by atoms with Gasteiger partial charge in [-0.25, -0.2) is 15.1 Å². The highest BCUT2D eigenvalue weighted by molar-refractivity contribution is 5.53. The van der Waals surface area contributed by atoms with E-state index in [1.54, 1.807) is 12.1 Å². The molecule has 0 unspecified atom stereocenters. The molecule has 0 saturated carbocycles. The molecule has 0 bridgehead atoms. The monoisotopic (exact) mass is 404 g/mol. The van der Waals surface area contributed by atoms with E-state index in [9.17, 15) is 18.0 Å². The van der Waals surface area contributed by atoms with Crippen molar-refractivity contribution in [2.45, 2.75) is 39.4 Å². The number of hydrogen-bond donors (Lipinski definition) is 2. The normalized spacial score (nSPS) is 11.5. The fourth-order valence-corrected chi connectivity index (χ4v) is 2.93. The lowest BCUT2D eigenvalue weighted by Crippen LogP contribution is -2.22. The molecule has 0 aliphatic heterocycles. The third-order valence-corrected chi connectivity index (χ3v) is 4.32. The van der Waals surface area contributed by atoms with E-state index in [0.717, 1.165) is 17.3 Å². The van der Waals surface area contributed by atoms with Gasteiger partial charge >= 0.3 is 6.18 Å². The van der Waals surface area contributed by atoms with E-state index in [1.807, 2.05) is 13.8 Å². The molecule has 3 aromatic heterocycles. The number of aryl methyl sites for hydroxylation is 1. The smallest absolute Gasteiger partial charge is 0.366 e. The predicted molar refractivity (Wildman–Crippen MR) is 101 cm³/mol. The SMILES string of the molecule is CCc1n[nH]c(=O)c(CNc2cc(C(F)(F)F)nc(-c3ccccn3)n2)c1CC. The molecule has 0 aliphatic carbocycles. The number of aromatic amines is 1. The molecule has 0 amide bonds. The predicted octanol–water partition coefficient (Wildman–Crippen LogP) is 3.38. The van der Waals surface area contributed by atoms with Gasteiger partial charge < -0.3 is 5.32 Å². The lowest BCUT2D eigenvalue weighted by molar-refractivity contribution is -0.141. The van der Waals surface area contributed by atoms with Crippen molar-refractivity contribution in [2.24, 2.45) is 0 Å². The van der Waals surface area contributed by atoms with E-state index in [4.69, 9.17) is 0 Å². The zero-order valence-electron chi connectivity index (χ0n) is 15.8. The summed E-state index contributed by atoms with van der Waals surface area (Å²) in [7, 11) is 0. The van der Waals surface area contributed by atoms with Crippen molar-refractivity contribution in [3.63, 3.8) is 0 Å². The van der Waals surface area contributed by atoms with Crippen LogP contribution in [0.25, 0.3) is 11.5 Å². The van der Waals surface area contributed by atoms with Crippen LogP contribution < -0.4 is 10.9 Å². The van der Waals surface area contributed by atoms with Gasteiger partial charge in [-0.2, -0.15) is 18.3 Å². The molecule has 0 fully saturated rings. The average molecular weight is 404 g/mol. The summed E-state index contributed by atoms with van der Waals surface area (Å²) in [5, 5.41) is 9.29. The van der Waals surface area contributed by atoms with Gasteiger partial charge in [-0.15, -0.1) is 0 Å². The molecular weight excluding hydrogens is 385 g/mol. The maximum absolute atomic E-state index is 13.3. The van der Waals surface area contributed by atoms with Crippen LogP contribution in [0, 0.1) is 0 Å². The van der Waals surface area contributed by atoms with Gasteiger partial charge in [0.15, 0.2) is 11.5 Å². The van der Waals surface area contributed by atoms with Gasteiger partial charge in [0.05, 0.1) is 5.69 Å². The van der Waals surface area contributed by atoms with Crippen molar-refractivity contribution >= 4 is 5.82 Å². The summed E-state index contributed by atoms with van der Waals surface area (Å²) in [4.78, 5) is 24.0. The Bertz CT molecular complexity index is 1050. The molecular formula is C19H19F3N6O. The highest BCUT2D eigenvalue weighted by Crippen LogP contribution is 2.30. The van der Waals surface area contributed by atoms with Crippen LogP contribution in [0.5, 0.6) is 0 Å². The van der Waals surface area contributed by atoms with E-state index in [0.29, 0.717) is 18.4 Å². The van der Waals surface area contributed by atoms with E-state index < -0.39 is 11.9 Å². The minimum atomic E-state index is -4.65. The number of alkyl halides is 3. The molecule has 0 spiro atoms. The van der Waals surface area contributed by atoms with Crippen LogP contribution in [0.3, 0.4) is 0 Å². The molecule has 0 atom stereocenters. The summed E-state index contributed by atoms with van der Waals surface area (Å²) in [6, 6.07) is 5.61. The fraction of sp³-hybridized carbons (Fsp3) is 0.316. The number of anilines is 1. The minimum Gasteiger partial charge on any atom is -0.366 e. The summed E-state index contributed by atoms with van der Waals surface area (Å²) in [5.74, 6) is -0.208. The lowest BCUT2D eigenvalue weighted by atomic mass is 10.0. The molecule has 152 valence electrons. The summed E-state index contributed by atoms with van der Waals surface area (Å²) < 4.78 is 39.9. The first-order valence-electron chi connectivity index (χ1n) is 9.04. The van der Waals surface area contributed by atoms with E-state index in [2.05, 4.69) is 30.5 Å². The number of rotatable bonds is 6. The molecule has 10 heteroatoms. The molecule has 7 nitrogen and oxygen atoms in total. The van der Waals surface area contributed by atoms with Gasteiger partial charge in [-0.05, 0) is 30.5 Å². The number of hydrogen-bond acceptors (Lipinski definition) is 6. The summed E-state index contributed by atoms with van der Waals surface area (Å²) in [6.07, 6.45) is -2.00. The zero-order chi connectivity index (χ0) is 21.0. The molecule has 29 heavy (non-hydrogen) atoms. The molecule has 0 radical (unpaired) electrons. The lowest BCUT2D eigenvalue weighted by Gasteiger charge is -2.14. The maximum Gasteiger partial charge on any atom is 0.433 e. The highest BCUT2D eigenvalue weighted by atomic mass is 19.4. The Hall–Kier alpha value is -3.30. The van der Waals surface area contributed by atoms with Crippen LogP contribution >= 0.6 is 0 Å². The van der Waals surface area contributed by atoms with Crippen molar-refractivity contribution in [3.05, 3.63) is 63.3 Å². The third-order valence-electron chi connectivity index (χ3n) is 4.32. The Morgan fingerprint density at radius 3 is 2.52 bits per heavy atom. The standard InChI is InChI=1S/C19H19F3N6O/c1-3-11-12(18(29)28-27-13(11)4-2)10-24-16-9-15(19(20,21)22)25-17(26-16)14-7-5-6-8-23-14/h5-9H,3-4,10H2,1-2H3,(H,28,29)(H,24,25,26). The molecule has 0 saturated heterocycles. The first-order valence-corrected chi connectivity index (χ1v) is 9.04. The van der Waals surface area contributed by atoms with Crippen molar-refractivity contribution in [1.82, 2.24) is 25.1 Å². The van der Waals surface area contributed by atoms with Crippen molar-refractivity contribution < 1.29 is 13.2 Å². The Labute approximate surface area is 164 Å². The second-order valence-corrected chi connectivity index (χ2v) is 6.19. The molecule has 3 aromatic rings. The van der Waals surface area contributed by atoms with Crippen LogP contribution in [0.2, 0.25) is 0 Å². The van der Waals surface area contributed by atoms with Gasteiger partial charge in [0, 0.05) is 24.4 Å². The van der Waals surface area contributed by atoms with Crippen molar-refractivity contribution in [2.75, 3.05) is 5.32 Å². The average Bonchev–Trinajstić information content (AvgIpc) is 2.72. The van der Waals surface area contributed by atoms with Crippen LogP contribution in [-0.4, -0.2) is 25.1 Å². The van der Waals surface area contributed by atoms with E-state index in [1.165, 1.54) is 12.3 Å². The van der Waals surface area contributed by atoms with Crippen molar-refractivity contribution in [1.29, 1.82) is 0 Å². The first-order chi connectivity index (χ1) is 13.8. The Kier molecular flexibility index (Phi) is 5.90. The summed E-state index contributed by atoms with van der Waals surface area (Å²) in [5.41, 5.74) is 0.679. The molecule has 3 heterocycles. The Morgan fingerprint density at radius 1 is 1.10 bits per heavy atom. The van der Waals surface area contributed by atoms with Crippen LogP contribution in [0.4, 0.5) is 19.0 Å².